The number of hydrogen-bond acceptors (Lipinski definition) is 6. The van der Waals surface area contributed by atoms with E-state index in [0.717, 1.165) is 31.6 Å². The number of piperidine rings is 1. The third-order valence-corrected chi connectivity index (χ3v) is 8.57. The van der Waals surface area contributed by atoms with Crippen molar-refractivity contribution in [3.05, 3.63) is 40.3 Å². The Labute approximate surface area is 183 Å². The van der Waals surface area contributed by atoms with Crippen LogP contribution < -0.4 is 5.32 Å². The predicted molar refractivity (Wildman–Crippen MR) is 120 cm³/mol. The van der Waals surface area contributed by atoms with E-state index in [0.29, 0.717) is 31.2 Å². The van der Waals surface area contributed by atoms with E-state index in [1.54, 1.807) is 29.5 Å². The molecule has 9 heteroatoms. The van der Waals surface area contributed by atoms with Crippen LogP contribution in [0.15, 0.2) is 34.5 Å². The first-order valence-corrected chi connectivity index (χ1v) is 12.7. The minimum absolute atomic E-state index is 0.129. The molecule has 30 heavy (non-hydrogen) atoms. The van der Waals surface area contributed by atoms with E-state index in [1.807, 2.05) is 20.8 Å². The smallest absolute Gasteiger partial charge is 0.243 e. The summed E-state index contributed by atoms with van der Waals surface area (Å²) in [6.45, 7) is 8.47. The fourth-order valence-electron chi connectivity index (χ4n) is 3.75. The molecule has 2 heterocycles. The van der Waals surface area contributed by atoms with Gasteiger partial charge in [0.2, 0.25) is 15.9 Å². The van der Waals surface area contributed by atoms with Crippen molar-refractivity contribution in [1.82, 2.24) is 14.2 Å². The van der Waals surface area contributed by atoms with Gasteiger partial charge < -0.3 is 5.32 Å². The highest BCUT2D eigenvalue weighted by Crippen LogP contribution is 2.30. The Morgan fingerprint density at radius 2 is 1.97 bits per heavy atom. The number of nitrogens with one attached hydrogen (secondary N) is 1. The van der Waals surface area contributed by atoms with E-state index >= 15 is 0 Å². The first-order valence-electron chi connectivity index (χ1n) is 10.4. The number of likely N-dealkylation sites (tertiary alicyclic amines) is 1. The second kappa shape index (κ2) is 10.00. The van der Waals surface area contributed by atoms with Crippen LogP contribution in [0.4, 0.5) is 5.69 Å². The van der Waals surface area contributed by atoms with Crippen LogP contribution in [0.1, 0.15) is 43.3 Å². The molecule has 0 spiro atoms. The van der Waals surface area contributed by atoms with Crippen LogP contribution in [0.3, 0.4) is 0 Å². The average molecular weight is 451 g/mol. The van der Waals surface area contributed by atoms with Crippen molar-refractivity contribution in [3.8, 4) is 0 Å². The van der Waals surface area contributed by atoms with Crippen molar-refractivity contribution < 1.29 is 13.2 Å². The van der Waals surface area contributed by atoms with Gasteiger partial charge in [-0.1, -0.05) is 19.9 Å². The lowest BCUT2D eigenvalue weighted by Crippen LogP contribution is -2.38. The monoisotopic (exact) mass is 450 g/mol. The maximum absolute atomic E-state index is 12.7. The van der Waals surface area contributed by atoms with Crippen molar-refractivity contribution in [2.75, 3.05) is 38.0 Å². The van der Waals surface area contributed by atoms with Gasteiger partial charge >= 0.3 is 0 Å². The first kappa shape index (κ1) is 22.9. The van der Waals surface area contributed by atoms with Gasteiger partial charge in [-0.05, 0) is 51.1 Å². The molecule has 0 atom stereocenters. The molecule has 0 aliphatic carbocycles. The topological polar surface area (TPSA) is 82.6 Å². The number of anilines is 1. The number of sulfonamides is 1. The standard InChI is InChI=1S/C21H30N4O3S2/c1-4-25(5-2)30(27,28)19-8-6-7-18(13-19)23-20(26)14-24-11-9-17(10-12-24)21-22-16(3)15-29-21/h6-8,13,15,17H,4-5,9-12,14H2,1-3H3,(H,23,26). The summed E-state index contributed by atoms with van der Waals surface area (Å²) < 4.78 is 26.8. The largest absolute Gasteiger partial charge is 0.325 e. The Hall–Kier alpha value is -1.81. The lowest BCUT2D eigenvalue weighted by molar-refractivity contribution is -0.117. The van der Waals surface area contributed by atoms with Gasteiger partial charge in [-0.25, -0.2) is 13.4 Å². The molecule has 1 aromatic carbocycles. The highest BCUT2D eigenvalue weighted by molar-refractivity contribution is 7.89. The lowest BCUT2D eigenvalue weighted by Gasteiger charge is -2.30. The van der Waals surface area contributed by atoms with E-state index in [2.05, 4.69) is 20.6 Å². The van der Waals surface area contributed by atoms with Crippen molar-refractivity contribution in [2.24, 2.45) is 0 Å². The van der Waals surface area contributed by atoms with Crippen LogP contribution >= 0.6 is 11.3 Å². The van der Waals surface area contributed by atoms with Crippen molar-refractivity contribution >= 4 is 33.0 Å². The fraction of sp³-hybridized carbons (Fsp3) is 0.524. The van der Waals surface area contributed by atoms with Crippen molar-refractivity contribution in [3.63, 3.8) is 0 Å². The molecule has 1 saturated heterocycles. The zero-order valence-corrected chi connectivity index (χ0v) is 19.4. The number of carbonyl (C=O) groups excluding carboxylic acids is 1. The van der Waals surface area contributed by atoms with Gasteiger partial charge in [0.25, 0.3) is 0 Å². The Bertz CT molecular complexity index is 962. The quantitative estimate of drug-likeness (QED) is 0.667. The first-order chi connectivity index (χ1) is 14.3. The second-order valence-electron chi connectivity index (χ2n) is 7.54. The third kappa shape index (κ3) is 5.46. The molecule has 1 aliphatic rings. The van der Waals surface area contributed by atoms with Gasteiger partial charge in [-0.15, -0.1) is 11.3 Å². The molecule has 1 amide bonds. The highest BCUT2D eigenvalue weighted by atomic mass is 32.2. The molecule has 0 radical (unpaired) electrons. The molecule has 0 bridgehead atoms. The number of thiazole rings is 1. The third-order valence-electron chi connectivity index (χ3n) is 5.40. The minimum atomic E-state index is -3.55. The number of aryl methyl sites for hydroxylation is 1. The second-order valence-corrected chi connectivity index (χ2v) is 10.4. The Morgan fingerprint density at radius 1 is 1.27 bits per heavy atom. The molecule has 1 aromatic heterocycles. The van der Waals surface area contributed by atoms with Gasteiger partial charge in [0.05, 0.1) is 16.4 Å². The van der Waals surface area contributed by atoms with E-state index in [1.165, 1.54) is 15.4 Å². The summed E-state index contributed by atoms with van der Waals surface area (Å²) in [6, 6.07) is 6.47. The number of benzene rings is 1. The zero-order valence-electron chi connectivity index (χ0n) is 17.8. The normalized spacial score (nSPS) is 16.1. The molecule has 0 unspecified atom stereocenters. The van der Waals surface area contributed by atoms with Crippen molar-refractivity contribution in [2.45, 2.75) is 44.4 Å². The van der Waals surface area contributed by atoms with Crippen LogP contribution in [0.2, 0.25) is 0 Å². The molecule has 164 valence electrons. The SMILES string of the molecule is CCN(CC)S(=O)(=O)c1cccc(NC(=O)CN2CCC(c3nc(C)cs3)CC2)c1. The molecule has 1 aliphatic heterocycles. The molecule has 1 fully saturated rings. The summed E-state index contributed by atoms with van der Waals surface area (Å²) in [5.41, 5.74) is 1.57. The Kier molecular flexibility index (Phi) is 7.62. The van der Waals surface area contributed by atoms with Gasteiger partial charge in [0.1, 0.15) is 0 Å². The number of rotatable bonds is 8. The number of amides is 1. The minimum Gasteiger partial charge on any atom is -0.325 e. The lowest BCUT2D eigenvalue weighted by atomic mass is 9.97. The zero-order chi connectivity index (χ0) is 21.7. The summed E-state index contributed by atoms with van der Waals surface area (Å²) in [5.74, 6) is 0.348. The summed E-state index contributed by atoms with van der Waals surface area (Å²) in [5, 5.41) is 6.13. The summed E-state index contributed by atoms with van der Waals surface area (Å²) in [4.78, 5) is 19.5. The van der Waals surface area contributed by atoms with Gasteiger partial charge in [0.15, 0.2) is 0 Å². The molecule has 0 saturated carbocycles. The number of nitrogens with zero attached hydrogens (tertiary/aromatic N) is 3. The highest BCUT2D eigenvalue weighted by Gasteiger charge is 2.25. The fourth-order valence-corrected chi connectivity index (χ4v) is 6.22. The maximum atomic E-state index is 12.7. The summed E-state index contributed by atoms with van der Waals surface area (Å²) >= 11 is 1.72. The Balaban J connectivity index is 1.56. The van der Waals surface area contributed by atoms with Gasteiger partial charge in [-0.3, -0.25) is 9.69 Å². The van der Waals surface area contributed by atoms with Crippen LogP contribution in [0.25, 0.3) is 0 Å². The van der Waals surface area contributed by atoms with Crippen LogP contribution in [-0.4, -0.2) is 61.2 Å². The molecule has 3 rings (SSSR count). The van der Waals surface area contributed by atoms with E-state index in [-0.39, 0.29) is 10.8 Å². The van der Waals surface area contributed by atoms with Crippen LogP contribution in [0.5, 0.6) is 0 Å². The van der Waals surface area contributed by atoms with Crippen molar-refractivity contribution in [1.29, 1.82) is 0 Å². The van der Waals surface area contributed by atoms with E-state index in [9.17, 15) is 13.2 Å². The van der Waals surface area contributed by atoms with Gasteiger partial charge in [-0.2, -0.15) is 4.31 Å². The maximum Gasteiger partial charge on any atom is 0.243 e. The van der Waals surface area contributed by atoms with E-state index in [4.69, 9.17) is 0 Å². The summed E-state index contributed by atoms with van der Waals surface area (Å²) in [7, 11) is -3.55. The predicted octanol–water partition coefficient (Wildman–Crippen LogP) is 3.30. The van der Waals surface area contributed by atoms with E-state index < -0.39 is 10.0 Å². The number of aromatic nitrogens is 1. The number of carbonyl (C=O) groups is 1. The molecular formula is C21H30N4O3S2. The summed E-state index contributed by atoms with van der Waals surface area (Å²) in [6.07, 6.45) is 2.00. The molecule has 1 N–H and O–H groups in total. The molecule has 7 nitrogen and oxygen atoms in total. The number of hydrogen-bond donors (Lipinski definition) is 1. The molecule has 2 aromatic rings. The average Bonchev–Trinajstić information content (AvgIpc) is 3.16. The van der Waals surface area contributed by atoms with Crippen LogP contribution in [0, 0.1) is 6.92 Å². The Morgan fingerprint density at radius 3 is 2.57 bits per heavy atom. The molecular weight excluding hydrogens is 420 g/mol. The van der Waals surface area contributed by atoms with Gasteiger partial charge in [0, 0.05) is 35.8 Å². The van der Waals surface area contributed by atoms with Crippen LogP contribution in [-0.2, 0) is 14.8 Å².